The van der Waals surface area contributed by atoms with Crippen LogP contribution in [0.15, 0.2) is 0 Å². The zero-order valence-corrected chi connectivity index (χ0v) is 11.2. The molecule has 1 aliphatic rings. The maximum absolute atomic E-state index is 12.2. The molecule has 3 nitrogen and oxygen atoms in total. The molecule has 1 rings (SSSR count). The molecule has 0 saturated carbocycles. The average molecular weight is 226 g/mol. The molecule has 0 aromatic carbocycles. The topological polar surface area (TPSA) is 32.3 Å². The lowest BCUT2D eigenvalue weighted by Gasteiger charge is -2.33. The van der Waals surface area contributed by atoms with E-state index in [2.05, 4.69) is 12.2 Å². The Morgan fingerprint density at radius 1 is 1.44 bits per heavy atom. The molecule has 16 heavy (non-hydrogen) atoms. The molecular formula is C13H26N2O. The number of carbonyl (C=O) groups excluding carboxylic acids is 1. The third kappa shape index (κ3) is 3.78. The largest absolute Gasteiger partial charge is 0.342 e. The first kappa shape index (κ1) is 13.5. The summed E-state index contributed by atoms with van der Waals surface area (Å²) in [5.74, 6) is 0.917. The van der Waals surface area contributed by atoms with E-state index in [9.17, 15) is 4.79 Å². The van der Waals surface area contributed by atoms with Crippen molar-refractivity contribution < 1.29 is 4.79 Å². The summed E-state index contributed by atoms with van der Waals surface area (Å²) in [7, 11) is 0. The fourth-order valence-corrected chi connectivity index (χ4v) is 2.22. The van der Waals surface area contributed by atoms with Crippen molar-refractivity contribution in [1.29, 1.82) is 0 Å². The standard InChI is InChI=1S/C13H26N2O/c1-5-15(12(16)13(2,3)4)10-11-7-6-8-14-9-11/h11,14H,5-10H2,1-4H3. The van der Waals surface area contributed by atoms with Crippen LogP contribution in [0.5, 0.6) is 0 Å². The highest BCUT2D eigenvalue weighted by atomic mass is 16.2. The molecule has 1 aliphatic heterocycles. The lowest BCUT2D eigenvalue weighted by atomic mass is 9.93. The first-order valence-corrected chi connectivity index (χ1v) is 6.45. The van der Waals surface area contributed by atoms with E-state index in [0.717, 1.165) is 26.2 Å². The van der Waals surface area contributed by atoms with Gasteiger partial charge in [-0.3, -0.25) is 4.79 Å². The fraction of sp³-hybridized carbons (Fsp3) is 0.923. The highest BCUT2D eigenvalue weighted by Gasteiger charge is 2.28. The van der Waals surface area contributed by atoms with Gasteiger partial charge < -0.3 is 10.2 Å². The molecule has 1 unspecified atom stereocenters. The molecule has 1 heterocycles. The lowest BCUT2D eigenvalue weighted by molar-refractivity contribution is -0.140. The van der Waals surface area contributed by atoms with E-state index in [0.29, 0.717) is 5.92 Å². The number of amides is 1. The third-order valence-electron chi connectivity index (χ3n) is 3.19. The normalized spacial score (nSPS) is 21.9. The molecule has 0 aromatic rings. The molecule has 94 valence electrons. The maximum atomic E-state index is 12.2. The van der Waals surface area contributed by atoms with E-state index in [1.807, 2.05) is 25.7 Å². The van der Waals surface area contributed by atoms with Gasteiger partial charge in [-0.1, -0.05) is 20.8 Å². The second-order valence-corrected chi connectivity index (χ2v) is 5.81. The lowest BCUT2D eigenvalue weighted by Crippen LogP contribution is -2.45. The molecular weight excluding hydrogens is 200 g/mol. The second kappa shape index (κ2) is 5.67. The Balaban J connectivity index is 2.50. The maximum Gasteiger partial charge on any atom is 0.227 e. The van der Waals surface area contributed by atoms with Crippen molar-refractivity contribution in [2.24, 2.45) is 11.3 Å². The van der Waals surface area contributed by atoms with Gasteiger partial charge in [0.25, 0.3) is 0 Å². The number of piperidine rings is 1. The Morgan fingerprint density at radius 3 is 2.56 bits per heavy atom. The van der Waals surface area contributed by atoms with Crippen LogP contribution >= 0.6 is 0 Å². The molecule has 1 amide bonds. The molecule has 0 aromatic heterocycles. The quantitative estimate of drug-likeness (QED) is 0.797. The van der Waals surface area contributed by atoms with Gasteiger partial charge in [0.15, 0.2) is 0 Å². The van der Waals surface area contributed by atoms with E-state index in [1.165, 1.54) is 12.8 Å². The zero-order valence-electron chi connectivity index (χ0n) is 11.2. The minimum Gasteiger partial charge on any atom is -0.342 e. The van der Waals surface area contributed by atoms with Crippen molar-refractivity contribution >= 4 is 5.91 Å². The summed E-state index contributed by atoms with van der Waals surface area (Å²) >= 11 is 0. The summed E-state index contributed by atoms with van der Waals surface area (Å²) in [5, 5.41) is 3.40. The second-order valence-electron chi connectivity index (χ2n) is 5.81. The minimum atomic E-state index is -0.252. The van der Waals surface area contributed by atoms with Crippen molar-refractivity contribution in [2.45, 2.75) is 40.5 Å². The summed E-state index contributed by atoms with van der Waals surface area (Å²) in [6.07, 6.45) is 2.49. The van der Waals surface area contributed by atoms with Crippen molar-refractivity contribution in [3.8, 4) is 0 Å². The van der Waals surface area contributed by atoms with Crippen LogP contribution in [0.4, 0.5) is 0 Å². The zero-order chi connectivity index (χ0) is 12.2. The van der Waals surface area contributed by atoms with Crippen LogP contribution in [0.25, 0.3) is 0 Å². The van der Waals surface area contributed by atoms with Crippen LogP contribution in [0.1, 0.15) is 40.5 Å². The van der Waals surface area contributed by atoms with Crippen molar-refractivity contribution in [3.05, 3.63) is 0 Å². The predicted molar refractivity (Wildman–Crippen MR) is 67.3 cm³/mol. The van der Waals surface area contributed by atoms with E-state index < -0.39 is 0 Å². The van der Waals surface area contributed by atoms with Crippen LogP contribution in [0, 0.1) is 11.3 Å². The van der Waals surface area contributed by atoms with Crippen LogP contribution in [0.2, 0.25) is 0 Å². The molecule has 1 N–H and O–H groups in total. The Morgan fingerprint density at radius 2 is 2.12 bits per heavy atom. The van der Waals surface area contributed by atoms with Crippen LogP contribution in [0.3, 0.4) is 0 Å². The van der Waals surface area contributed by atoms with Gasteiger partial charge in [-0.25, -0.2) is 0 Å². The summed E-state index contributed by atoms with van der Waals surface area (Å²) < 4.78 is 0. The van der Waals surface area contributed by atoms with E-state index in [-0.39, 0.29) is 11.3 Å². The number of nitrogens with zero attached hydrogens (tertiary/aromatic N) is 1. The average Bonchev–Trinajstić information content (AvgIpc) is 2.25. The monoisotopic (exact) mass is 226 g/mol. The van der Waals surface area contributed by atoms with Gasteiger partial charge in [0.05, 0.1) is 0 Å². The van der Waals surface area contributed by atoms with Gasteiger partial charge >= 0.3 is 0 Å². The first-order valence-electron chi connectivity index (χ1n) is 6.45. The summed E-state index contributed by atoms with van der Waals surface area (Å²) in [6.45, 7) is 12.0. The molecule has 3 heteroatoms. The Labute approximate surface area is 99.6 Å². The van der Waals surface area contributed by atoms with E-state index in [4.69, 9.17) is 0 Å². The summed E-state index contributed by atoms with van der Waals surface area (Å²) in [5.41, 5.74) is -0.252. The molecule has 1 saturated heterocycles. The van der Waals surface area contributed by atoms with E-state index in [1.54, 1.807) is 0 Å². The van der Waals surface area contributed by atoms with E-state index >= 15 is 0 Å². The molecule has 0 bridgehead atoms. The van der Waals surface area contributed by atoms with Gasteiger partial charge in [0.2, 0.25) is 5.91 Å². The number of hydrogen-bond acceptors (Lipinski definition) is 2. The van der Waals surface area contributed by atoms with Gasteiger partial charge in [-0.15, -0.1) is 0 Å². The van der Waals surface area contributed by atoms with Crippen molar-refractivity contribution in [2.75, 3.05) is 26.2 Å². The van der Waals surface area contributed by atoms with Gasteiger partial charge in [-0.05, 0) is 38.8 Å². The molecule has 0 aliphatic carbocycles. The van der Waals surface area contributed by atoms with Crippen molar-refractivity contribution in [3.63, 3.8) is 0 Å². The van der Waals surface area contributed by atoms with Crippen molar-refractivity contribution in [1.82, 2.24) is 10.2 Å². The fourth-order valence-electron chi connectivity index (χ4n) is 2.22. The van der Waals surface area contributed by atoms with Gasteiger partial charge in [0, 0.05) is 18.5 Å². The van der Waals surface area contributed by atoms with Gasteiger partial charge in [-0.2, -0.15) is 0 Å². The number of hydrogen-bond donors (Lipinski definition) is 1. The third-order valence-corrected chi connectivity index (χ3v) is 3.19. The smallest absolute Gasteiger partial charge is 0.227 e. The Hall–Kier alpha value is -0.570. The highest BCUT2D eigenvalue weighted by Crippen LogP contribution is 2.19. The van der Waals surface area contributed by atoms with Crippen LogP contribution in [-0.2, 0) is 4.79 Å². The molecule has 0 radical (unpaired) electrons. The van der Waals surface area contributed by atoms with Crippen LogP contribution < -0.4 is 5.32 Å². The van der Waals surface area contributed by atoms with Crippen LogP contribution in [-0.4, -0.2) is 37.0 Å². The Bertz CT molecular complexity index is 227. The molecule has 1 fully saturated rings. The number of carbonyl (C=O) groups is 1. The summed E-state index contributed by atoms with van der Waals surface area (Å²) in [6, 6.07) is 0. The Kier molecular flexibility index (Phi) is 4.78. The summed E-state index contributed by atoms with van der Waals surface area (Å²) in [4.78, 5) is 14.2. The SMILES string of the molecule is CCN(CC1CCCNC1)C(=O)C(C)(C)C. The first-order chi connectivity index (χ1) is 7.45. The minimum absolute atomic E-state index is 0.252. The number of rotatable bonds is 3. The molecule has 0 spiro atoms. The molecule has 1 atom stereocenters. The predicted octanol–water partition coefficient (Wildman–Crippen LogP) is 1.88. The number of nitrogens with one attached hydrogen (secondary N) is 1. The highest BCUT2D eigenvalue weighted by molar-refractivity contribution is 5.81. The van der Waals surface area contributed by atoms with Gasteiger partial charge in [0.1, 0.15) is 0 Å².